The number of nitrogens with one attached hydrogen (secondary N) is 2. The molecule has 0 aliphatic carbocycles. The molecule has 6 saturated heterocycles. The third-order valence-electron chi connectivity index (χ3n) is 17.0. The van der Waals surface area contributed by atoms with E-state index in [-0.39, 0.29) is 33.9 Å². The monoisotopic (exact) mass is 1140 g/mol. The first-order valence-electron chi connectivity index (χ1n) is 27.6. The van der Waals surface area contributed by atoms with Crippen molar-refractivity contribution in [2.24, 2.45) is 22.7 Å². The molecule has 0 unspecified atom stereocenters. The molecular weight excluding hydrogens is 1070 g/mol. The quantitative estimate of drug-likeness (QED) is 0.101. The first-order chi connectivity index (χ1) is 39.6. The summed E-state index contributed by atoms with van der Waals surface area (Å²) in [4.78, 5) is 27.1. The molecule has 6 fully saturated rings. The Hall–Kier alpha value is -7.42. The van der Waals surface area contributed by atoms with Crippen molar-refractivity contribution in [3.05, 3.63) is 85.0 Å². The number of pyridine rings is 4. The van der Waals surface area contributed by atoms with Crippen LogP contribution < -0.4 is 19.3 Å². The fourth-order valence-corrected chi connectivity index (χ4v) is 13.1. The molecule has 0 radical (unpaired) electrons. The molecule has 2 N–H and O–H groups in total. The number of aromatic nitrogens is 12. The number of halogens is 6. The number of anilines is 2. The number of alkyl halides is 6. The second-order valence-corrected chi connectivity index (χ2v) is 23.1. The molecule has 82 heavy (non-hydrogen) atoms. The van der Waals surface area contributed by atoms with Gasteiger partial charge in [0, 0.05) is 137 Å². The second kappa shape index (κ2) is 21.4. The first-order valence-corrected chi connectivity index (χ1v) is 27.6. The molecule has 26 heteroatoms. The van der Waals surface area contributed by atoms with Gasteiger partial charge in [0.15, 0.2) is 22.8 Å². The van der Waals surface area contributed by atoms with Crippen LogP contribution in [0.4, 0.5) is 37.7 Å². The second-order valence-electron chi connectivity index (χ2n) is 23.1. The molecule has 20 nitrogen and oxygen atoms in total. The zero-order chi connectivity index (χ0) is 56.4. The summed E-state index contributed by atoms with van der Waals surface area (Å²) in [6.07, 6.45) is 2.80. The molecule has 0 bridgehead atoms. The van der Waals surface area contributed by atoms with E-state index in [1.165, 1.54) is 35.9 Å². The number of aromatic amines is 2. The van der Waals surface area contributed by atoms with Gasteiger partial charge in [0.25, 0.3) is 0 Å². The molecule has 0 atom stereocenters. The van der Waals surface area contributed by atoms with Crippen LogP contribution in [0.5, 0.6) is 11.5 Å². The summed E-state index contributed by atoms with van der Waals surface area (Å²) in [5, 5.41) is 22.4. The lowest BCUT2D eigenvalue weighted by atomic mass is 9.72. The number of likely N-dealkylation sites (tertiary alicyclic amines) is 2. The van der Waals surface area contributed by atoms with Gasteiger partial charge in [-0.3, -0.25) is 20.2 Å². The van der Waals surface area contributed by atoms with Crippen molar-refractivity contribution in [1.29, 1.82) is 0 Å². The van der Waals surface area contributed by atoms with Crippen LogP contribution in [0.2, 0.25) is 0 Å². The van der Waals surface area contributed by atoms with Crippen molar-refractivity contribution in [3.8, 4) is 56.8 Å². The Bertz CT molecular complexity index is 3290. The summed E-state index contributed by atoms with van der Waals surface area (Å²) < 4.78 is 107. The number of rotatable bonds is 14. The molecule has 0 amide bonds. The summed E-state index contributed by atoms with van der Waals surface area (Å²) in [6, 6.07) is 10.6. The third kappa shape index (κ3) is 10.9. The SMILES string of the molecule is COc1cc(-c2[nH]nc(-c3ccc(N4CC5(CN(CC6CCOCC6)C5)C4)cn3)c2CC(F)(F)F)cn2ncnc12.COc1cc(-c2[nH]nc(-c3ccc(N4CC5(CN(CC6CCOCC6)C5)C4)cn3)c2CC(F)(F)F)cn2ncnc12. The van der Waals surface area contributed by atoms with Crippen LogP contribution >= 0.6 is 0 Å². The topological polar surface area (TPSA) is 193 Å². The number of nitrogens with zero attached hydrogens (tertiary/aromatic N) is 14. The van der Waals surface area contributed by atoms with Crippen molar-refractivity contribution < 1.29 is 45.3 Å². The maximum Gasteiger partial charge on any atom is 0.393 e. The Labute approximate surface area is 467 Å². The predicted octanol–water partition coefficient (Wildman–Crippen LogP) is 7.69. The molecule has 0 saturated carbocycles. The molecule has 8 aromatic rings. The Morgan fingerprint density at radius 2 is 0.963 bits per heavy atom. The number of H-pyrrole nitrogens is 2. The third-order valence-corrected chi connectivity index (χ3v) is 17.0. The van der Waals surface area contributed by atoms with Crippen LogP contribution in [-0.2, 0) is 22.3 Å². The first kappa shape index (κ1) is 53.9. The largest absolute Gasteiger partial charge is 0.493 e. The summed E-state index contributed by atoms with van der Waals surface area (Å²) in [7, 11) is 2.95. The normalized spacial score (nSPS) is 19.5. The van der Waals surface area contributed by atoms with E-state index in [2.05, 4.69) is 70.1 Å². The average Bonchev–Trinajstić information content (AvgIpc) is 3.45. The van der Waals surface area contributed by atoms with Gasteiger partial charge in [0.05, 0.1) is 73.6 Å². The van der Waals surface area contributed by atoms with Gasteiger partial charge in [0.1, 0.15) is 24.0 Å². The lowest BCUT2D eigenvalue weighted by molar-refractivity contribution is -0.128. The van der Waals surface area contributed by atoms with E-state index in [9.17, 15) is 26.3 Å². The summed E-state index contributed by atoms with van der Waals surface area (Å²) in [6.45, 7) is 14.2. The molecule has 6 aliphatic rings. The van der Waals surface area contributed by atoms with Gasteiger partial charge in [-0.2, -0.15) is 46.7 Å². The number of hydrogen-bond donors (Lipinski definition) is 2. The summed E-state index contributed by atoms with van der Waals surface area (Å²) in [5.74, 6) is 2.27. The van der Waals surface area contributed by atoms with E-state index in [0.717, 1.165) is 141 Å². The van der Waals surface area contributed by atoms with Gasteiger partial charge < -0.3 is 38.5 Å². The molecule has 8 aromatic heterocycles. The van der Waals surface area contributed by atoms with Crippen LogP contribution in [0.3, 0.4) is 0 Å². The van der Waals surface area contributed by atoms with Crippen LogP contribution in [-0.4, -0.2) is 188 Å². The Morgan fingerprint density at radius 3 is 1.32 bits per heavy atom. The minimum Gasteiger partial charge on any atom is -0.493 e. The average molecular weight is 1140 g/mol. The van der Waals surface area contributed by atoms with E-state index in [1.54, 1.807) is 49.1 Å². The standard InChI is InChI=1S/2C28H31F3N8O2/c2*1-40-23-8-19(12-39-26(23)33-17-34-39)24-21(9-28(29,30)31)25(36-35-24)22-3-2-20(10-32-22)38-15-27(16-38)13-37(14-27)11-18-4-6-41-7-5-18/h2*2-3,8,10,12,17-18H,4-7,9,11,13-16H2,1H3,(H,35,36). The Morgan fingerprint density at radius 1 is 0.561 bits per heavy atom. The lowest BCUT2D eigenvalue weighted by Crippen LogP contribution is -2.72. The van der Waals surface area contributed by atoms with Gasteiger partial charge in [-0.05, 0) is 73.9 Å². The van der Waals surface area contributed by atoms with E-state index in [4.69, 9.17) is 18.9 Å². The van der Waals surface area contributed by atoms with Gasteiger partial charge in [-0.25, -0.2) is 19.0 Å². The van der Waals surface area contributed by atoms with Crippen LogP contribution in [0.15, 0.2) is 73.8 Å². The highest BCUT2D eigenvalue weighted by Gasteiger charge is 2.53. The molecular formula is C56H62F6N16O4. The van der Waals surface area contributed by atoms with E-state index in [0.29, 0.717) is 56.1 Å². The minimum atomic E-state index is -4.44. The highest BCUT2D eigenvalue weighted by atomic mass is 19.4. The molecule has 2 spiro atoms. The fourth-order valence-electron chi connectivity index (χ4n) is 13.1. The maximum atomic E-state index is 13.7. The highest BCUT2D eigenvalue weighted by Crippen LogP contribution is 2.45. The van der Waals surface area contributed by atoms with Crippen LogP contribution in [0.25, 0.3) is 56.6 Å². The van der Waals surface area contributed by atoms with Crippen molar-refractivity contribution >= 4 is 22.7 Å². The molecule has 14 rings (SSSR count). The number of fused-ring (bicyclic) bond motifs is 2. The maximum absolute atomic E-state index is 13.7. The van der Waals surface area contributed by atoms with Crippen LogP contribution in [0.1, 0.15) is 36.8 Å². The fraction of sp³-hybridized carbons (Fsp3) is 0.500. The van der Waals surface area contributed by atoms with Gasteiger partial charge >= 0.3 is 12.4 Å². The minimum absolute atomic E-state index is 0.0151. The van der Waals surface area contributed by atoms with Gasteiger partial charge in [0.2, 0.25) is 0 Å². The number of hydrogen-bond acceptors (Lipinski definition) is 16. The number of methoxy groups -OCH3 is 2. The van der Waals surface area contributed by atoms with E-state index < -0.39 is 25.2 Å². The Kier molecular flexibility index (Phi) is 14.1. The summed E-state index contributed by atoms with van der Waals surface area (Å²) >= 11 is 0. The van der Waals surface area contributed by atoms with Crippen molar-refractivity contribution in [2.75, 3.05) is 116 Å². The van der Waals surface area contributed by atoms with E-state index in [1.807, 2.05) is 12.1 Å². The molecule has 0 aromatic carbocycles. The van der Waals surface area contributed by atoms with Crippen molar-refractivity contribution in [3.63, 3.8) is 0 Å². The highest BCUT2D eigenvalue weighted by molar-refractivity contribution is 5.77. The number of ether oxygens (including phenoxy) is 4. The van der Waals surface area contributed by atoms with Gasteiger partial charge in [-0.15, -0.1) is 0 Å². The molecule has 6 aliphatic heterocycles. The lowest BCUT2D eigenvalue weighted by Gasteiger charge is -2.61. The van der Waals surface area contributed by atoms with Crippen molar-refractivity contribution in [1.82, 2.24) is 69.4 Å². The molecule has 14 heterocycles. The summed E-state index contributed by atoms with van der Waals surface area (Å²) in [5.41, 5.74) is 6.05. The van der Waals surface area contributed by atoms with Crippen molar-refractivity contribution in [2.45, 2.75) is 50.9 Å². The van der Waals surface area contributed by atoms with E-state index >= 15 is 0 Å². The smallest absolute Gasteiger partial charge is 0.393 e. The zero-order valence-corrected chi connectivity index (χ0v) is 45.4. The Balaban J connectivity index is 0.000000154. The van der Waals surface area contributed by atoms with Gasteiger partial charge in [-0.1, -0.05) is 0 Å². The van der Waals surface area contributed by atoms with Crippen LogP contribution in [0, 0.1) is 22.7 Å². The predicted molar refractivity (Wildman–Crippen MR) is 289 cm³/mol. The molecule has 432 valence electrons. The zero-order valence-electron chi connectivity index (χ0n) is 45.4.